The van der Waals surface area contributed by atoms with Crippen molar-refractivity contribution in [2.75, 3.05) is 30.8 Å². The molecule has 0 saturated carbocycles. The number of hydrogen-bond acceptors (Lipinski definition) is 6. The zero-order valence-corrected chi connectivity index (χ0v) is 14.7. The molecule has 0 bridgehead atoms. The van der Waals surface area contributed by atoms with E-state index in [9.17, 15) is 8.42 Å². The normalized spacial score (nSPS) is 16.7. The Morgan fingerprint density at radius 1 is 1.21 bits per heavy atom. The molecule has 1 fully saturated rings. The molecule has 2 heterocycles. The van der Waals surface area contributed by atoms with Crippen molar-refractivity contribution in [2.24, 2.45) is 0 Å². The van der Waals surface area contributed by atoms with Crippen LogP contribution in [0.25, 0.3) is 5.69 Å². The molecular formula is C15H22N6O2S. The summed E-state index contributed by atoms with van der Waals surface area (Å²) in [5, 5.41) is 12.0. The van der Waals surface area contributed by atoms with Crippen molar-refractivity contribution in [2.45, 2.75) is 25.8 Å². The number of sulfonamides is 1. The van der Waals surface area contributed by atoms with Crippen LogP contribution in [-0.2, 0) is 10.0 Å². The summed E-state index contributed by atoms with van der Waals surface area (Å²) in [7, 11) is -3.17. The molecule has 9 heteroatoms. The fourth-order valence-corrected chi connectivity index (χ4v) is 4.45. The molecule has 1 aliphatic heterocycles. The monoisotopic (exact) mass is 350 g/mol. The van der Waals surface area contributed by atoms with Crippen LogP contribution >= 0.6 is 0 Å². The second kappa shape index (κ2) is 6.86. The number of aromatic nitrogens is 4. The van der Waals surface area contributed by atoms with Gasteiger partial charge in [-0.05, 0) is 35.4 Å². The SMILES string of the molecule is CCN(C1CCN(c2nnnn2-c2ccccc2)CC1)S(C)(=O)=O. The highest BCUT2D eigenvalue weighted by molar-refractivity contribution is 7.88. The summed E-state index contributed by atoms with van der Waals surface area (Å²) in [6, 6.07) is 9.78. The molecule has 0 unspecified atom stereocenters. The Morgan fingerprint density at radius 3 is 2.46 bits per heavy atom. The minimum atomic E-state index is -3.17. The van der Waals surface area contributed by atoms with Crippen molar-refractivity contribution in [1.29, 1.82) is 0 Å². The van der Waals surface area contributed by atoms with Crippen molar-refractivity contribution in [1.82, 2.24) is 24.5 Å². The average Bonchev–Trinajstić information content (AvgIpc) is 3.05. The molecule has 130 valence electrons. The maximum atomic E-state index is 11.9. The minimum absolute atomic E-state index is 0.0438. The highest BCUT2D eigenvalue weighted by Gasteiger charge is 2.30. The van der Waals surface area contributed by atoms with Crippen molar-refractivity contribution in [3.63, 3.8) is 0 Å². The molecule has 0 spiro atoms. The predicted molar refractivity (Wildman–Crippen MR) is 91.6 cm³/mol. The van der Waals surface area contributed by atoms with E-state index in [0.717, 1.165) is 31.6 Å². The quantitative estimate of drug-likeness (QED) is 0.797. The molecule has 1 aromatic carbocycles. The van der Waals surface area contributed by atoms with E-state index >= 15 is 0 Å². The summed E-state index contributed by atoms with van der Waals surface area (Å²) in [6.07, 6.45) is 2.81. The van der Waals surface area contributed by atoms with Gasteiger partial charge in [0.2, 0.25) is 16.0 Å². The third kappa shape index (κ3) is 3.41. The van der Waals surface area contributed by atoms with Crippen LogP contribution in [0.5, 0.6) is 0 Å². The minimum Gasteiger partial charge on any atom is -0.339 e. The van der Waals surface area contributed by atoms with Gasteiger partial charge in [0.05, 0.1) is 11.9 Å². The van der Waals surface area contributed by atoms with E-state index in [0.29, 0.717) is 12.5 Å². The van der Waals surface area contributed by atoms with E-state index in [4.69, 9.17) is 0 Å². The zero-order valence-electron chi connectivity index (χ0n) is 13.9. The van der Waals surface area contributed by atoms with Gasteiger partial charge in [-0.2, -0.15) is 8.99 Å². The number of hydrogen-bond donors (Lipinski definition) is 0. The lowest BCUT2D eigenvalue weighted by Gasteiger charge is -2.36. The van der Waals surface area contributed by atoms with E-state index in [1.54, 1.807) is 8.99 Å². The Morgan fingerprint density at radius 2 is 1.88 bits per heavy atom. The van der Waals surface area contributed by atoms with E-state index in [-0.39, 0.29) is 6.04 Å². The Labute approximate surface area is 142 Å². The Bertz CT molecular complexity index is 768. The third-order valence-corrected chi connectivity index (χ3v) is 5.75. The van der Waals surface area contributed by atoms with E-state index in [1.807, 2.05) is 37.3 Å². The molecule has 0 aliphatic carbocycles. The molecule has 24 heavy (non-hydrogen) atoms. The summed E-state index contributed by atoms with van der Waals surface area (Å²) >= 11 is 0. The van der Waals surface area contributed by atoms with Crippen LogP contribution in [0.3, 0.4) is 0 Å². The number of para-hydroxylation sites is 1. The number of anilines is 1. The van der Waals surface area contributed by atoms with Gasteiger partial charge in [0.25, 0.3) is 0 Å². The first-order valence-electron chi connectivity index (χ1n) is 8.06. The molecule has 0 atom stereocenters. The highest BCUT2D eigenvalue weighted by atomic mass is 32.2. The van der Waals surface area contributed by atoms with Crippen LogP contribution in [-0.4, -0.2) is 64.9 Å². The van der Waals surface area contributed by atoms with Gasteiger partial charge >= 0.3 is 0 Å². The summed E-state index contributed by atoms with van der Waals surface area (Å²) in [4.78, 5) is 2.11. The Balaban J connectivity index is 1.74. The van der Waals surface area contributed by atoms with Crippen molar-refractivity contribution in [3.05, 3.63) is 30.3 Å². The topological polar surface area (TPSA) is 84.2 Å². The molecule has 0 N–H and O–H groups in total. The second-order valence-corrected chi connectivity index (χ2v) is 7.85. The fourth-order valence-electron chi connectivity index (χ4n) is 3.23. The fraction of sp³-hybridized carbons (Fsp3) is 0.533. The second-order valence-electron chi connectivity index (χ2n) is 5.91. The average molecular weight is 350 g/mol. The van der Waals surface area contributed by atoms with Gasteiger partial charge < -0.3 is 4.90 Å². The number of tetrazole rings is 1. The molecule has 1 saturated heterocycles. The largest absolute Gasteiger partial charge is 0.339 e. The van der Waals surface area contributed by atoms with Crippen LogP contribution in [0.4, 0.5) is 5.95 Å². The lowest BCUT2D eigenvalue weighted by atomic mass is 10.1. The van der Waals surface area contributed by atoms with Gasteiger partial charge in [-0.25, -0.2) is 8.42 Å². The van der Waals surface area contributed by atoms with Crippen molar-refractivity contribution >= 4 is 16.0 Å². The van der Waals surface area contributed by atoms with Gasteiger partial charge in [-0.3, -0.25) is 0 Å². The zero-order chi connectivity index (χ0) is 17.2. The third-order valence-electron chi connectivity index (χ3n) is 4.35. The first-order chi connectivity index (χ1) is 11.5. The number of rotatable bonds is 5. The van der Waals surface area contributed by atoms with Gasteiger partial charge in [-0.15, -0.1) is 0 Å². The molecule has 1 aliphatic rings. The van der Waals surface area contributed by atoms with E-state index in [1.165, 1.54) is 6.26 Å². The Hall–Kier alpha value is -2.00. The standard InChI is InChI=1S/C15H22N6O2S/c1-3-20(24(2,22)23)13-9-11-19(12-10-13)15-16-17-18-21(15)14-7-5-4-6-8-14/h4-8,13H,3,9-12H2,1-2H3. The number of benzene rings is 1. The maximum Gasteiger partial charge on any atom is 0.250 e. The first-order valence-corrected chi connectivity index (χ1v) is 9.91. The van der Waals surface area contributed by atoms with Crippen LogP contribution in [0, 0.1) is 0 Å². The summed E-state index contributed by atoms with van der Waals surface area (Å²) in [5.74, 6) is 0.696. The summed E-state index contributed by atoms with van der Waals surface area (Å²) in [6.45, 7) is 3.84. The smallest absolute Gasteiger partial charge is 0.250 e. The molecule has 0 amide bonds. The van der Waals surface area contributed by atoms with Crippen LogP contribution in [0.2, 0.25) is 0 Å². The molecule has 3 rings (SSSR count). The van der Waals surface area contributed by atoms with Crippen molar-refractivity contribution in [3.8, 4) is 5.69 Å². The van der Waals surface area contributed by atoms with Crippen LogP contribution in [0.1, 0.15) is 19.8 Å². The Kier molecular flexibility index (Phi) is 4.81. The van der Waals surface area contributed by atoms with Crippen LogP contribution in [0.15, 0.2) is 30.3 Å². The van der Waals surface area contributed by atoms with Gasteiger partial charge in [-0.1, -0.05) is 30.2 Å². The predicted octanol–water partition coefficient (Wildman–Crippen LogP) is 0.913. The molecule has 1 aromatic heterocycles. The maximum absolute atomic E-state index is 11.9. The van der Waals surface area contributed by atoms with Gasteiger partial charge in [0.1, 0.15) is 0 Å². The molecule has 8 nitrogen and oxygen atoms in total. The summed E-state index contributed by atoms with van der Waals surface area (Å²) in [5.41, 5.74) is 0.908. The van der Waals surface area contributed by atoms with Gasteiger partial charge in [0, 0.05) is 25.7 Å². The van der Waals surface area contributed by atoms with Crippen molar-refractivity contribution < 1.29 is 8.42 Å². The van der Waals surface area contributed by atoms with E-state index < -0.39 is 10.0 Å². The lowest BCUT2D eigenvalue weighted by Crippen LogP contribution is -2.47. The number of nitrogens with zero attached hydrogens (tertiary/aromatic N) is 6. The van der Waals surface area contributed by atoms with Gasteiger partial charge in [0.15, 0.2) is 0 Å². The first kappa shape index (κ1) is 16.8. The highest BCUT2D eigenvalue weighted by Crippen LogP contribution is 2.23. The molecule has 2 aromatic rings. The molecular weight excluding hydrogens is 328 g/mol. The number of piperidine rings is 1. The van der Waals surface area contributed by atoms with E-state index in [2.05, 4.69) is 20.4 Å². The lowest BCUT2D eigenvalue weighted by molar-refractivity contribution is 0.284. The van der Waals surface area contributed by atoms with Crippen LogP contribution < -0.4 is 4.90 Å². The summed E-state index contributed by atoms with van der Waals surface area (Å²) < 4.78 is 27.1. The molecule has 0 radical (unpaired) electrons.